The molecule has 1 unspecified atom stereocenters. The number of hydrogen-bond acceptors (Lipinski definition) is 11. The van der Waals surface area contributed by atoms with Crippen molar-refractivity contribution in [3.05, 3.63) is 65.4 Å². The first-order valence-corrected chi connectivity index (χ1v) is 22.9. The van der Waals surface area contributed by atoms with Gasteiger partial charge in [0.25, 0.3) is 12.3 Å². The first kappa shape index (κ1) is 41.8. The lowest BCUT2D eigenvalue weighted by Gasteiger charge is -2.38. The zero-order chi connectivity index (χ0) is 44.3. The number of hydrogen-bond donors (Lipinski definition) is 2. The monoisotopic (exact) mass is 893 g/mol. The van der Waals surface area contributed by atoms with Gasteiger partial charge in [-0.05, 0) is 75.8 Å². The van der Waals surface area contributed by atoms with Gasteiger partial charge < -0.3 is 19.7 Å². The highest BCUT2D eigenvalue weighted by Crippen LogP contribution is 2.41. The molecule has 340 valence electrons. The van der Waals surface area contributed by atoms with Gasteiger partial charge in [0.1, 0.15) is 24.2 Å². The third kappa shape index (κ3) is 8.24. The Morgan fingerprint density at radius 2 is 1.86 bits per heavy atom. The minimum Gasteiger partial charge on any atom is -0.374 e. The Kier molecular flexibility index (Phi) is 11.1. The van der Waals surface area contributed by atoms with Gasteiger partial charge in [-0.2, -0.15) is 15.3 Å². The number of likely N-dealkylation sites (tertiary alicyclic amines) is 1. The number of nitrogens with one attached hydrogen (secondary N) is 2. The van der Waals surface area contributed by atoms with Crippen LogP contribution in [0.1, 0.15) is 116 Å². The average molecular weight is 894 g/mol. The van der Waals surface area contributed by atoms with E-state index in [0.29, 0.717) is 43.3 Å². The van der Waals surface area contributed by atoms with Gasteiger partial charge >= 0.3 is 0 Å². The van der Waals surface area contributed by atoms with Gasteiger partial charge in [0.15, 0.2) is 11.3 Å². The van der Waals surface area contributed by atoms with Crippen molar-refractivity contribution in [1.82, 2.24) is 44.4 Å². The number of aromatic nitrogens is 7. The number of para-hydroxylation sites is 1. The number of carbonyl (C=O) groups is 3. The number of fused-ring (bicyclic) bond motifs is 4. The summed E-state index contributed by atoms with van der Waals surface area (Å²) in [6, 6.07) is 7.98. The lowest BCUT2D eigenvalue weighted by atomic mass is 9.85. The van der Waals surface area contributed by atoms with E-state index >= 15 is 4.39 Å². The van der Waals surface area contributed by atoms with Crippen LogP contribution in [0.15, 0.2) is 42.9 Å². The zero-order valence-electron chi connectivity index (χ0n) is 35.8. The third-order valence-corrected chi connectivity index (χ3v) is 14.1. The minimum absolute atomic E-state index is 0.0410. The minimum atomic E-state index is -2.89. The highest BCUT2D eigenvalue weighted by molar-refractivity contribution is 6.08. The smallest absolute Gasteiger partial charge is 0.284 e. The van der Waals surface area contributed by atoms with Crippen LogP contribution in [0.3, 0.4) is 0 Å². The predicted molar refractivity (Wildman–Crippen MR) is 230 cm³/mol. The van der Waals surface area contributed by atoms with Gasteiger partial charge in [-0.15, -0.1) is 0 Å². The molecule has 0 spiro atoms. The van der Waals surface area contributed by atoms with Crippen LogP contribution in [0.25, 0.3) is 16.6 Å². The van der Waals surface area contributed by atoms with Crippen molar-refractivity contribution in [3.8, 4) is 11.8 Å². The summed E-state index contributed by atoms with van der Waals surface area (Å²) in [6.07, 6.45) is 7.45. The summed E-state index contributed by atoms with van der Waals surface area (Å²) in [5.41, 5.74) is 2.29. The molecule has 16 nitrogen and oxygen atoms in total. The van der Waals surface area contributed by atoms with Gasteiger partial charge in [-0.25, -0.2) is 22.7 Å². The molecule has 4 aromatic heterocycles. The van der Waals surface area contributed by atoms with Gasteiger partial charge in [0.05, 0.1) is 71.5 Å². The summed E-state index contributed by atoms with van der Waals surface area (Å²) < 4.78 is 60.9. The van der Waals surface area contributed by atoms with Crippen LogP contribution in [0, 0.1) is 17.8 Å². The van der Waals surface area contributed by atoms with Crippen molar-refractivity contribution < 1.29 is 37.0 Å². The van der Waals surface area contributed by atoms with Crippen molar-refractivity contribution in [1.29, 1.82) is 0 Å². The van der Waals surface area contributed by atoms with E-state index in [0.717, 1.165) is 80.3 Å². The van der Waals surface area contributed by atoms with Crippen molar-refractivity contribution >= 4 is 45.8 Å². The molecule has 1 aromatic carbocycles. The van der Waals surface area contributed by atoms with E-state index in [1.165, 1.54) is 16.9 Å². The Labute approximate surface area is 372 Å². The maximum absolute atomic E-state index is 15.6. The molecule has 2 aliphatic carbocycles. The van der Waals surface area contributed by atoms with Crippen LogP contribution >= 0.6 is 0 Å². The van der Waals surface area contributed by atoms with E-state index in [-0.39, 0.29) is 66.9 Å². The summed E-state index contributed by atoms with van der Waals surface area (Å²) in [7, 11) is 0. The number of anilines is 2. The Balaban J connectivity index is 0.670. The molecule has 6 fully saturated rings. The number of imide groups is 1. The second-order valence-electron chi connectivity index (χ2n) is 18.4. The number of alkyl halides is 3. The van der Waals surface area contributed by atoms with Crippen LogP contribution < -0.4 is 15.5 Å². The van der Waals surface area contributed by atoms with Crippen molar-refractivity contribution in [2.45, 2.75) is 113 Å². The number of carbonyl (C=O) groups excluding carboxylic acids is 3. The number of nitrogens with zero attached hydrogens (tertiary/aromatic N) is 9. The highest BCUT2D eigenvalue weighted by atomic mass is 19.3. The third-order valence-electron chi connectivity index (χ3n) is 14.1. The van der Waals surface area contributed by atoms with E-state index in [2.05, 4.69) is 42.5 Å². The van der Waals surface area contributed by atoms with E-state index in [1.807, 2.05) is 28.9 Å². The van der Waals surface area contributed by atoms with Crippen molar-refractivity contribution in [3.63, 3.8) is 0 Å². The Hall–Kier alpha value is -5.84. The van der Waals surface area contributed by atoms with E-state index in [9.17, 15) is 23.2 Å². The number of benzene rings is 1. The van der Waals surface area contributed by atoms with Gasteiger partial charge in [0, 0.05) is 50.4 Å². The van der Waals surface area contributed by atoms with Crippen LogP contribution in [0.4, 0.5) is 24.7 Å². The fourth-order valence-corrected chi connectivity index (χ4v) is 10.5. The number of morpholine rings is 1. The topological polar surface area (TPSA) is 166 Å². The summed E-state index contributed by atoms with van der Waals surface area (Å²) in [6.45, 7) is 3.13. The molecule has 8 heterocycles. The van der Waals surface area contributed by atoms with Gasteiger partial charge in [0.2, 0.25) is 11.8 Å². The van der Waals surface area contributed by atoms with Crippen molar-refractivity contribution in [2.24, 2.45) is 5.92 Å². The fourth-order valence-electron chi connectivity index (χ4n) is 10.5. The molecule has 2 saturated carbocycles. The molecular formula is C46H50F3N11O5. The number of piperidine rings is 2. The molecule has 2 N–H and O–H groups in total. The van der Waals surface area contributed by atoms with Crippen molar-refractivity contribution in [2.75, 3.05) is 49.6 Å². The molecule has 4 aliphatic heterocycles. The molecule has 11 rings (SSSR count). The van der Waals surface area contributed by atoms with Gasteiger partial charge in [-0.1, -0.05) is 24.0 Å². The lowest BCUT2D eigenvalue weighted by molar-refractivity contribution is -0.134. The van der Waals surface area contributed by atoms with Crippen LogP contribution in [-0.2, 0) is 19.1 Å². The Morgan fingerprint density at radius 3 is 2.62 bits per heavy atom. The van der Waals surface area contributed by atoms with Crippen LogP contribution in [-0.4, -0.2) is 121 Å². The molecule has 6 aliphatic rings. The number of halogens is 3. The average Bonchev–Trinajstić information content (AvgIpc) is 3.73. The maximum Gasteiger partial charge on any atom is 0.284 e. The Morgan fingerprint density at radius 1 is 1.02 bits per heavy atom. The molecule has 3 amide bonds. The molecule has 0 radical (unpaired) electrons. The zero-order valence-corrected chi connectivity index (χ0v) is 35.8. The lowest BCUT2D eigenvalue weighted by Crippen LogP contribution is -2.47. The highest BCUT2D eigenvalue weighted by Gasteiger charge is 2.40. The summed E-state index contributed by atoms with van der Waals surface area (Å²) in [5.74, 6) is 5.69. The van der Waals surface area contributed by atoms with E-state index in [4.69, 9.17) is 19.6 Å². The largest absolute Gasteiger partial charge is 0.374 e. The normalized spacial score (nSPS) is 27.1. The Bertz CT molecular complexity index is 2710. The number of ether oxygens (including phenoxy) is 2. The number of rotatable bonds is 11. The molecule has 2 bridgehead atoms. The molecule has 65 heavy (non-hydrogen) atoms. The van der Waals surface area contributed by atoms with Gasteiger partial charge in [-0.3, -0.25) is 34.0 Å². The summed E-state index contributed by atoms with van der Waals surface area (Å²) in [5, 5.41) is 19.4. The standard InChI is InChI=1S/C46H50F3N11O5/c47-35-23-56(16-14-37(35)64-18-2-4-27-3-1-5-32-40(33-12-13-39(61)53-45(33)62)55-60(42(27)32)29-10-11-29)21-26-6-8-28(9-7-26)59-24-36(41(54-59)43(48)49)51-46(63)34-20-50-58-17-15-38(52-44(34)58)57-22-31-19-30(57)25-65-31/h1,3,5,15,17,20,24,26,28-31,33,35,37,43H,6-14,16,18-19,21-23,25H2,(H,51,63)(H,53,61,62)/t26-,28-,30-,31-,33?,35+,37-/m1/s1. The number of amides is 3. The van der Waals surface area contributed by atoms with Crippen LogP contribution in [0.2, 0.25) is 0 Å². The maximum atomic E-state index is 15.6. The van der Waals surface area contributed by atoms with E-state index < -0.39 is 36.2 Å². The van der Waals surface area contributed by atoms with E-state index in [1.54, 1.807) is 10.9 Å². The first-order chi connectivity index (χ1) is 31.6. The molecule has 4 saturated heterocycles. The first-order valence-electron chi connectivity index (χ1n) is 22.9. The second-order valence-corrected chi connectivity index (χ2v) is 18.4. The molecule has 5 aromatic rings. The molecule has 19 heteroatoms. The summed E-state index contributed by atoms with van der Waals surface area (Å²) >= 11 is 0. The second kappa shape index (κ2) is 17.2. The van der Waals surface area contributed by atoms with Crippen LogP contribution in [0.5, 0.6) is 0 Å². The quantitative estimate of drug-likeness (QED) is 0.127. The predicted octanol–water partition coefficient (Wildman–Crippen LogP) is 5.51. The fraction of sp³-hybridized carbons (Fsp3) is 0.543. The molecular weight excluding hydrogens is 844 g/mol. The molecule has 5 atom stereocenters. The summed E-state index contributed by atoms with van der Waals surface area (Å²) in [4.78, 5) is 47.2. The SMILES string of the molecule is O=C1CCC(c2nn(C3CC3)c3c(C#CCO[C@@H]4CCN(C[C@H]5CC[C@H](n6cc(NC(=O)c7cnn8ccc(N9C[C@H]%10C[C@@H]9CO%10)nc78)c(C(F)F)n6)CC5)C[C@@H]4F)cccc23)C(=O)N1.